The van der Waals surface area contributed by atoms with Crippen LogP contribution in [0.2, 0.25) is 0 Å². The van der Waals surface area contributed by atoms with Gasteiger partial charge in [0.1, 0.15) is 5.69 Å². The Morgan fingerprint density at radius 2 is 1.96 bits per heavy atom. The summed E-state index contributed by atoms with van der Waals surface area (Å²) in [5.74, 6) is 0.645. The third-order valence-corrected chi connectivity index (χ3v) is 5.06. The van der Waals surface area contributed by atoms with E-state index < -0.39 is 0 Å². The van der Waals surface area contributed by atoms with Crippen LogP contribution in [0.3, 0.4) is 0 Å². The zero-order chi connectivity index (χ0) is 17.2. The maximum Gasteiger partial charge on any atom is 0.274 e. The molecule has 128 valence electrons. The van der Waals surface area contributed by atoms with Gasteiger partial charge in [0.2, 0.25) is 0 Å². The first kappa shape index (κ1) is 15.8. The van der Waals surface area contributed by atoms with Crippen molar-refractivity contribution >= 4 is 16.8 Å². The van der Waals surface area contributed by atoms with E-state index in [-0.39, 0.29) is 5.91 Å². The average Bonchev–Trinajstić information content (AvgIpc) is 3.08. The minimum Gasteiger partial charge on any atom is -0.337 e. The predicted molar refractivity (Wildman–Crippen MR) is 97.3 cm³/mol. The number of benzene rings is 1. The Kier molecular flexibility index (Phi) is 4.22. The van der Waals surface area contributed by atoms with Gasteiger partial charge < -0.3 is 4.90 Å². The molecule has 0 saturated carbocycles. The molecule has 25 heavy (non-hydrogen) atoms. The Hall–Kier alpha value is -2.69. The molecule has 1 fully saturated rings. The monoisotopic (exact) mass is 334 g/mol. The summed E-state index contributed by atoms with van der Waals surface area (Å²) in [6.07, 6.45) is 6.76. The average molecular weight is 334 g/mol. The van der Waals surface area contributed by atoms with Gasteiger partial charge in [-0.05, 0) is 42.9 Å². The van der Waals surface area contributed by atoms with Gasteiger partial charge in [-0.3, -0.25) is 14.5 Å². The Balaban J connectivity index is 1.41. The maximum atomic E-state index is 12.5. The number of pyridine rings is 1. The number of likely N-dealkylation sites (tertiary alicyclic amines) is 1. The van der Waals surface area contributed by atoms with Crippen molar-refractivity contribution in [2.75, 3.05) is 13.1 Å². The van der Waals surface area contributed by atoms with Crippen LogP contribution in [0.25, 0.3) is 10.9 Å². The van der Waals surface area contributed by atoms with Crippen LogP contribution in [0.15, 0.2) is 48.8 Å². The van der Waals surface area contributed by atoms with Gasteiger partial charge in [-0.25, -0.2) is 0 Å². The number of amides is 1. The van der Waals surface area contributed by atoms with Crippen LogP contribution < -0.4 is 0 Å². The molecule has 0 bridgehead atoms. The van der Waals surface area contributed by atoms with E-state index in [1.807, 2.05) is 30.4 Å². The molecular formula is C20H22N4O. The predicted octanol–water partition coefficient (Wildman–Crippen LogP) is 3.06. The Morgan fingerprint density at radius 3 is 2.72 bits per heavy atom. The molecule has 5 heteroatoms. The Labute approximate surface area is 147 Å². The van der Waals surface area contributed by atoms with Gasteiger partial charge in [0.25, 0.3) is 5.91 Å². The van der Waals surface area contributed by atoms with Crippen molar-refractivity contribution in [3.05, 3.63) is 60.0 Å². The van der Waals surface area contributed by atoms with Gasteiger partial charge in [0.05, 0.1) is 5.52 Å². The van der Waals surface area contributed by atoms with E-state index >= 15 is 0 Å². The lowest BCUT2D eigenvalue weighted by Gasteiger charge is -2.31. The Morgan fingerprint density at radius 1 is 1.16 bits per heavy atom. The highest BCUT2D eigenvalue weighted by Crippen LogP contribution is 2.25. The van der Waals surface area contributed by atoms with Crippen molar-refractivity contribution in [2.45, 2.75) is 19.3 Å². The molecule has 3 heterocycles. The first-order valence-corrected chi connectivity index (χ1v) is 8.82. The smallest absolute Gasteiger partial charge is 0.274 e. The standard InChI is InChI=1S/C20H22N4O/c1-23-11-9-18(22-23)20(25)24-12-7-15(8-13-24)14-17-5-2-4-16-6-3-10-21-19(16)17/h2-6,9-11,15H,7-8,12-14H2,1H3. The van der Waals surface area contributed by atoms with Crippen molar-refractivity contribution in [3.63, 3.8) is 0 Å². The van der Waals surface area contributed by atoms with Crippen LogP contribution in [0.5, 0.6) is 0 Å². The molecule has 1 aromatic carbocycles. The Bertz CT molecular complexity index is 888. The van der Waals surface area contributed by atoms with Crippen LogP contribution in [-0.2, 0) is 13.5 Å². The van der Waals surface area contributed by atoms with Crippen molar-refractivity contribution in [2.24, 2.45) is 13.0 Å². The number of hydrogen-bond donors (Lipinski definition) is 0. The number of piperidine rings is 1. The molecule has 0 N–H and O–H groups in total. The summed E-state index contributed by atoms with van der Waals surface area (Å²) in [7, 11) is 1.83. The van der Waals surface area contributed by atoms with Crippen LogP contribution >= 0.6 is 0 Å². The number of carbonyl (C=O) groups is 1. The van der Waals surface area contributed by atoms with Crippen molar-refractivity contribution in [1.82, 2.24) is 19.7 Å². The van der Waals surface area contributed by atoms with Gasteiger partial charge in [0, 0.05) is 37.9 Å². The zero-order valence-electron chi connectivity index (χ0n) is 14.4. The lowest BCUT2D eigenvalue weighted by atomic mass is 9.89. The van der Waals surface area contributed by atoms with Crippen molar-refractivity contribution in [3.8, 4) is 0 Å². The summed E-state index contributed by atoms with van der Waals surface area (Å²) in [5.41, 5.74) is 2.96. The summed E-state index contributed by atoms with van der Waals surface area (Å²) in [6.45, 7) is 1.61. The highest BCUT2D eigenvalue weighted by molar-refractivity contribution is 5.92. The molecule has 1 aliphatic rings. The second kappa shape index (κ2) is 6.67. The van der Waals surface area contributed by atoms with Gasteiger partial charge in [-0.15, -0.1) is 0 Å². The summed E-state index contributed by atoms with van der Waals surface area (Å²) in [6, 6.07) is 12.3. The second-order valence-electron chi connectivity index (χ2n) is 6.81. The molecule has 3 aromatic rings. The molecule has 1 aliphatic heterocycles. The molecule has 0 unspecified atom stereocenters. The third kappa shape index (κ3) is 3.27. The second-order valence-corrected chi connectivity index (χ2v) is 6.81. The fraction of sp³-hybridized carbons (Fsp3) is 0.350. The fourth-order valence-electron chi connectivity index (χ4n) is 3.67. The van der Waals surface area contributed by atoms with Crippen molar-refractivity contribution < 1.29 is 4.79 Å². The molecule has 0 aliphatic carbocycles. The number of carbonyl (C=O) groups excluding carboxylic acids is 1. The number of hydrogen-bond acceptors (Lipinski definition) is 3. The summed E-state index contributed by atoms with van der Waals surface area (Å²) < 4.78 is 1.67. The highest BCUT2D eigenvalue weighted by Gasteiger charge is 2.25. The number of rotatable bonds is 3. The van der Waals surface area contributed by atoms with Gasteiger partial charge in [-0.1, -0.05) is 24.3 Å². The topological polar surface area (TPSA) is 51.0 Å². The van der Waals surface area contributed by atoms with E-state index in [2.05, 4.69) is 34.3 Å². The molecular weight excluding hydrogens is 312 g/mol. The first-order valence-electron chi connectivity index (χ1n) is 8.82. The molecule has 2 aromatic heterocycles. The van der Waals surface area contributed by atoms with Gasteiger partial charge >= 0.3 is 0 Å². The molecule has 1 saturated heterocycles. The number of aromatic nitrogens is 3. The van der Waals surface area contributed by atoms with Gasteiger partial charge in [0.15, 0.2) is 0 Å². The molecule has 0 spiro atoms. The van der Waals surface area contributed by atoms with E-state index in [4.69, 9.17) is 0 Å². The number of fused-ring (bicyclic) bond motifs is 1. The van der Waals surface area contributed by atoms with E-state index in [0.29, 0.717) is 11.6 Å². The van der Waals surface area contributed by atoms with E-state index in [0.717, 1.165) is 37.9 Å². The highest BCUT2D eigenvalue weighted by atomic mass is 16.2. The molecule has 4 rings (SSSR count). The van der Waals surface area contributed by atoms with Gasteiger partial charge in [-0.2, -0.15) is 5.10 Å². The molecule has 5 nitrogen and oxygen atoms in total. The minimum absolute atomic E-state index is 0.0471. The summed E-state index contributed by atoms with van der Waals surface area (Å²) in [4.78, 5) is 19.0. The first-order chi connectivity index (χ1) is 12.2. The van der Waals surface area contributed by atoms with Crippen LogP contribution in [0, 0.1) is 5.92 Å². The van der Waals surface area contributed by atoms with E-state index in [9.17, 15) is 4.79 Å². The molecule has 0 atom stereocenters. The third-order valence-electron chi connectivity index (χ3n) is 5.06. The fourth-order valence-corrected chi connectivity index (χ4v) is 3.67. The number of para-hydroxylation sites is 1. The largest absolute Gasteiger partial charge is 0.337 e. The normalized spacial score (nSPS) is 15.6. The van der Waals surface area contributed by atoms with Crippen molar-refractivity contribution in [1.29, 1.82) is 0 Å². The summed E-state index contributed by atoms with van der Waals surface area (Å²) >= 11 is 0. The van der Waals surface area contributed by atoms with E-state index in [1.54, 1.807) is 10.7 Å². The van der Waals surface area contributed by atoms with Crippen LogP contribution in [0.4, 0.5) is 0 Å². The quantitative estimate of drug-likeness (QED) is 0.740. The van der Waals surface area contributed by atoms with E-state index in [1.165, 1.54) is 10.9 Å². The molecule has 0 radical (unpaired) electrons. The molecule has 1 amide bonds. The zero-order valence-corrected chi connectivity index (χ0v) is 14.4. The SMILES string of the molecule is Cn1ccc(C(=O)N2CCC(Cc3cccc4cccnc34)CC2)n1. The van der Waals surface area contributed by atoms with Crippen LogP contribution in [0.1, 0.15) is 28.9 Å². The number of aryl methyl sites for hydroxylation is 1. The van der Waals surface area contributed by atoms with Crippen LogP contribution in [-0.4, -0.2) is 38.7 Å². The number of nitrogens with zero attached hydrogens (tertiary/aromatic N) is 4. The lowest BCUT2D eigenvalue weighted by molar-refractivity contribution is 0.0684. The summed E-state index contributed by atoms with van der Waals surface area (Å²) in [5, 5.41) is 5.42. The lowest BCUT2D eigenvalue weighted by Crippen LogP contribution is -2.39. The minimum atomic E-state index is 0.0471. The maximum absolute atomic E-state index is 12.5.